The van der Waals surface area contributed by atoms with Gasteiger partial charge in [0.25, 0.3) is 0 Å². The Morgan fingerprint density at radius 2 is 2.04 bits per heavy atom. The van der Waals surface area contributed by atoms with Crippen LogP contribution in [0.25, 0.3) is 0 Å². The van der Waals surface area contributed by atoms with Gasteiger partial charge in [0.05, 0.1) is 19.0 Å². The van der Waals surface area contributed by atoms with E-state index in [4.69, 9.17) is 9.47 Å². The Morgan fingerprint density at radius 1 is 1.23 bits per heavy atom. The average Bonchev–Trinajstić information content (AvgIpc) is 3.07. The van der Waals surface area contributed by atoms with Gasteiger partial charge in [0.1, 0.15) is 17.3 Å². The third-order valence-corrected chi connectivity index (χ3v) is 4.25. The summed E-state index contributed by atoms with van der Waals surface area (Å²) < 4.78 is 24.0. The van der Waals surface area contributed by atoms with Crippen molar-refractivity contribution in [2.45, 2.75) is 0 Å². The average molecular weight is 373 g/mol. The highest BCUT2D eigenvalue weighted by molar-refractivity contribution is 7.17. The van der Waals surface area contributed by atoms with Crippen LogP contribution in [0.1, 0.15) is 0 Å². The first-order valence-electron chi connectivity index (χ1n) is 7.64. The largest absolute Gasteiger partial charge is 0.495 e. The first-order chi connectivity index (χ1) is 12.6. The van der Waals surface area contributed by atoms with Crippen molar-refractivity contribution < 1.29 is 18.7 Å². The minimum atomic E-state index is -0.390. The van der Waals surface area contributed by atoms with Gasteiger partial charge in [0.2, 0.25) is 5.06 Å². The molecule has 2 amide bonds. The topological polar surface area (TPSA) is 63.7 Å². The van der Waals surface area contributed by atoms with Crippen LogP contribution in [0.5, 0.6) is 16.6 Å². The molecule has 1 aromatic heterocycles. The van der Waals surface area contributed by atoms with Crippen LogP contribution < -0.4 is 19.7 Å². The first-order valence-corrected chi connectivity index (χ1v) is 8.45. The van der Waals surface area contributed by atoms with Crippen molar-refractivity contribution in [1.29, 1.82) is 0 Å². The lowest BCUT2D eigenvalue weighted by molar-refractivity contribution is 0.258. The van der Waals surface area contributed by atoms with Crippen LogP contribution in [0.4, 0.5) is 20.0 Å². The van der Waals surface area contributed by atoms with Crippen molar-refractivity contribution in [2.24, 2.45) is 0 Å². The third kappa shape index (κ3) is 4.09. The van der Waals surface area contributed by atoms with E-state index in [1.807, 2.05) is 12.1 Å². The van der Waals surface area contributed by atoms with Gasteiger partial charge in [0.15, 0.2) is 5.13 Å². The summed E-state index contributed by atoms with van der Waals surface area (Å²) in [6.45, 7) is 0. The highest BCUT2D eigenvalue weighted by Crippen LogP contribution is 2.31. The Hall–Kier alpha value is -3.13. The number of nitrogens with one attached hydrogen (secondary N) is 1. The van der Waals surface area contributed by atoms with Gasteiger partial charge in [-0.3, -0.25) is 10.2 Å². The quantitative estimate of drug-likeness (QED) is 0.701. The molecular formula is C18H16FN3O3S. The number of nitrogens with zero attached hydrogens (tertiary/aromatic N) is 2. The predicted octanol–water partition coefficient (Wildman–Crippen LogP) is 4.75. The smallest absolute Gasteiger partial charge is 0.327 e. The van der Waals surface area contributed by atoms with E-state index >= 15 is 0 Å². The van der Waals surface area contributed by atoms with Crippen LogP contribution in [0.15, 0.2) is 54.7 Å². The van der Waals surface area contributed by atoms with Crippen molar-refractivity contribution in [3.8, 4) is 16.6 Å². The Bertz CT molecular complexity index is 916. The van der Waals surface area contributed by atoms with E-state index in [1.165, 1.54) is 23.2 Å². The highest BCUT2D eigenvalue weighted by Gasteiger charge is 2.16. The predicted molar refractivity (Wildman–Crippen MR) is 99.0 cm³/mol. The molecule has 1 N–H and O–H groups in total. The van der Waals surface area contributed by atoms with Crippen LogP contribution in [0.2, 0.25) is 0 Å². The van der Waals surface area contributed by atoms with Crippen LogP contribution in [0, 0.1) is 5.82 Å². The van der Waals surface area contributed by atoms with Gasteiger partial charge in [-0.1, -0.05) is 29.5 Å². The molecule has 3 aromatic rings. The van der Waals surface area contributed by atoms with Gasteiger partial charge in [0, 0.05) is 13.1 Å². The van der Waals surface area contributed by atoms with Gasteiger partial charge < -0.3 is 9.47 Å². The van der Waals surface area contributed by atoms with E-state index < -0.39 is 0 Å². The molecule has 0 saturated heterocycles. The fraction of sp³-hybridized carbons (Fsp3) is 0.111. The number of rotatable bonds is 5. The molecule has 2 aromatic carbocycles. The first kappa shape index (κ1) is 17.7. The number of ether oxygens (including phenoxy) is 2. The van der Waals surface area contributed by atoms with E-state index in [0.29, 0.717) is 27.4 Å². The van der Waals surface area contributed by atoms with Gasteiger partial charge in [-0.15, -0.1) is 0 Å². The molecule has 0 aliphatic heterocycles. The summed E-state index contributed by atoms with van der Waals surface area (Å²) >= 11 is 1.14. The Morgan fingerprint density at radius 3 is 2.81 bits per heavy atom. The molecule has 0 bridgehead atoms. The molecule has 0 aliphatic carbocycles. The van der Waals surface area contributed by atoms with E-state index in [2.05, 4.69) is 10.3 Å². The number of para-hydroxylation sites is 2. The molecule has 8 heteroatoms. The zero-order valence-corrected chi connectivity index (χ0v) is 14.9. The number of aromatic nitrogens is 1. The molecule has 0 unspecified atom stereocenters. The summed E-state index contributed by atoms with van der Waals surface area (Å²) in [4.78, 5) is 18.0. The number of thiazole rings is 1. The Kier molecular flexibility index (Phi) is 5.33. The number of anilines is 2. The number of carbonyl (C=O) groups is 1. The summed E-state index contributed by atoms with van der Waals surface area (Å²) in [5.74, 6) is 0.552. The molecule has 0 atom stereocenters. The summed E-state index contributed by atoms with van der Waals surface area (Å²) in [5, 5.41) is 3.49. The molecule has 0 spiro atoms. The number of halogens is 1. The second-order valence-corrected chi connectivity index (χ2v) is 6.20. The lowest BCUT2D eigenvalue weighted by Crippen LogP contribution is -2.31. The number of methoxy groups -OCH3 is 1. The third-order valence-electron chi connectivity index (χ3n) is 3.46. The van der Waals surface area contributed by atoms with E-state index in [-0.39, 0.29) is 11.8 Å². The van der Waals surface area contributed by atoms with E-state index in [9.17, 15) is 9.18 Å². The lowest BCUT2D eigenvalue weighted by atomic mass is 10.3. The van der Waals surface area contributed by atoms with Crippen molar-refractivity contribution in [3.05, 3.63) is 60.5 Å². The minimum absolute atomic E-state index is 0.359. The maximum absolute atomic E-state index is 13.2. The SMILES string of the molecule is COc1ccccc1N(C)C(=O)Nc1ncc(Oc2cccc(F)c2)s1. The standard InChI is InChI=1S/C18H16FN3O3S/c1-22(14-8-3-4-9-15(14)24-2)18(23)21-17-20-11-16(26-17)25-13-7-5-6-12(19)10-13/h3-11H,1-2H3,(H,20,21,23). The number of carbonyl (C=O) groups excluding carboxylic acids is 1. The summed E-state index contributed by atoms with van der Waals surface area (Å²) in [7, 11) is 3.17. The lowest BCUT2D eigenvalue weighted by Gasteiger charge is -2.19. The van der Waals surface area contributed by atoms with Crippen LogP contribution in [-0.4, -0.2) is 25.2 Å². The number of urea groups is 1. The van der Waals surface area contributed by atoms with E-state index in [0.717, 1.165) is 11.3 Å². The molecule has 134 valence electrons. The summed E-state index contributed by atoms with van der Waals surface area (Å²) in [5.41, 5.74) is 0.625. The molecular weight excluding hydrogens is 357 g/mol. The van der Waals surface area contributed by atoms with Crippen molar-refractivity contribution in [1.82, 2.24) is 4.98 Å². The summed E-state index contributed by atoms with van der Waals surface area (Å²) in [6, 6.07) is 12.6. The molecule has 0 saturated carbocycles. The van der Waals surface area contributed by atoms with E-state index in [1.54, 1.807) is 38.4 Å². The molecule has 3 rings (SSSR count). The molecule has 1 heterocycles. The number of hydrogen-bond acceptors (Lipinski definition) is 5. The second kappa shape index (κ2) is 7.83. The monoisotopic (exact) mass is 373 g/mol. The summed E-state index contributed by atoms with van der Waals surface area (Å²) in [6.07, 6.45) is 1.47. The van der Waals surface area contributed by atoms with Crippen molar-refractivity contribution in [2.75, 3.05) is 24.4 Å². The fourth-order valence-electron chi connectivity index (χ4n) is 2.20. The van der Waals surface area contributed by atoms with Gasteiger partial charge in [-0.2, -0.15) is 0 Å². The second-order valence-electron chi connectivity index (χ2n) is 5.20. The number of amides is 2. The Balaban J connectivity index is 1.67. The normalized spacial score (nSPS) is 10.3. The minimum Gasteiger partial charge on any atom is -0.495 e. The van der Waals surface area contributed by atoms with Crippen molar-refractivity contribution in [3.63, 3.8) is 0 Å². The number of benzene rings is 2. The molecule has 6 nitrogen and oxygen atoms in total. The Labute approximate surface area is 153 Å². The maximum Gasteiger partial charge on any atom is 0.327 e. The molecule has 0 aliphatic rings. The molecule has 26 heavy (non-hydrogen) atoms. The maximum atomic E-state index is 13.2. The highest BCUT2D eigenvalue weighted by atomic mass is 32.1. The molecule has 0 fully saturated rings. The van der Waals surface area contributed by atoms with Gasteiger partial charge in [-0.25, -0.2) is 14.2 Å². The zero-order chi connectivity index (χ0) is 18.5. The van der Waals surface area contributed by atoms with Gasteiger partial charge >= 0.3 is 6.03 Å². The van der Waals surface area contributed by atoms with Crippen molar-refractivity contribution >= 4 is 28.2 Å². The van der Waals surface area contributed by atoms with Crippen LogP contribution >= 0.6 is 11.3 Å². The van der Waals surface area contributed by atoms with Gasteiger partial charge in [-0.05, 0) is 24.3 Å². The fourth-order valence-corrected chi connectivity index (χ4v) is 2.88. The van der Waals surface area contributed by atoms with Crippen LogP contribution in [-0.2, 0) is 0 Å². The number of hydrogen-bond donors (Lipinski definition) is 1. The zero-order valence-electron chi connectivity index (χ0n) is 14.1. The molecule has 0 radical (unpaired) electrons. The van der Waals surface area contributed by atoms with Crippen LogP contribution in [0.3, 0.4) is 0 Å².